The number of hydrogen-bond acceptors (Lipinski definition) is 2. The third-order valence-electron chi connectivity index (χ3n) is 2.38. The molecule has 1 heterocycles. The van der Waals surface area contributed by atoms with Gasteiger partial charge in [0.05, 0.1) is 6.20 Å². The van der Waals surface area contributed by atoms with Crippen molar-refractivity contribution in [2.45, 2.75) is 6.54 Å². The molecule has 2 N–H and O–H groups in total. The molecule has 1 aromatic heterocycles. The summed E-state index contributed by atoms with van der Waals surface area (Å²) in [4.78, 5) is 4.00. The highest BCUT2D eigenvalue weighted by Gasteiger charge is 2.07. The molecule has 0 aliphatic rings. The number of halogens is 1. The Morgan fingerprint density at radius 2 is 2.00 bits per heavy atom. The standard InChI is InChI=1S/C11H12FN3/c1-15-10(12)7-14-11(15)9-4-2-8(6-13)3-5-9/h2-5,7H,6,13H2,1H3. The molecule has 2 aromatic rings. The predicted octanol–water partition coefficient (Wildman–Crippen LogP) is 1.68. The number of nitrogens with zero attached hydrogens (tertiary/aromatic N) is 2. The summed E-state index contributed by atoms with van der Waals surface area (Å²) >= 11 is 0. The summed E-state index contributed by atoms with van der Waals surface area (Å²) in [6, 6.07) is 7.62. The van der Waals surface area contributed by atoms with Crippen molar-refractivity contribution in [1.82, 2.24) is 9.55 Å². The molecule has 1 aromatic carbocycles. The Morgan fingerprint density at radius 1 is 1.33 bits per heavy atom. The average molecular weight is 205 g/mol. The van der Waals surface area contributed by atoms with Crippen LogP contribution in [-0.2, 0) is 13.6 Å². The minimum absolute atomic E-state index is 0.340. The molecule has 15 heavy (non-hydrogen) atoms. The Balaban J connectivity index is 2.41. The Morgan fingerprint density at radius 3 is 2.47 bits per heavy atom. The average Bonchev–Trinajstić information content (AvgIpc) is 2.60. The molecule has 4 heteroatoms. The first-order valence-electron chi connectivity index (χ1n) is 4.69. The van der Waals surface area contributed by atoms with E-state index >= 15 is 0 Å². The molecule has 78 valence electrons. The summed E-state index contributed by atoms with van der Waals surface area (Å²) in [5.41, 5.74) is 7.43. The van der Waals surface area contributed by atoms with Gasteiger partial charge in [-0.1, -0.05) is 24.3 Å². The Labute approximate surface area is 87.4 Å². The summed E-state index contributed by atoms with van der Waals surface area (Å²) < 4.78 is 14.5. The van der Waals surface area contributed by atoms with Crippen LogP contribution in [0.1, 0.15) is 5.56 Å². The lowest BCUT2D eigenvalue weighted by Crippen LogP contribution is -1.97. The van der Waals surface area contributed by atoms with E-state index in [0.717, 1.165) is 11.1 Å². The van der Waals surface area contributed by atoms with Gasteiger partial charge in [0.25, 0.3) is 0 Å². The van der Waals surface area contributed by atoms with Crippen molar-refractivity contribution in [2.24, 2.45) is 12.8 Å². The number of hydrogen-bond donors (Lipinski definition) is 1. The first-order valence-corrected chi connectivity index (χ1v) is 4.69. The minimum Gasteiger partial charge on any atom is -0.326 e. The number of benzene rings is 1. The summed E-state index contributed by atoms with van der Waals surface area (Å²) in [5.74, 6) is 0.281. The van der Waals surface area contributed by atoms with E-state index in [4.69, 9.17) is 5.73 Å². The highest BCUT2D eigenvalue weighted by Crippen LogP contribution is 2.18. The van der Waals surface area contributed by atoms with Gasteiger partial charge in [-0.15, -0.1) is 0 Å². The van der Waals surface area contributed by atoms with E-state index in [2.05, 4.69) is 4.98 Å². The zero-order valence-electron chi connectivity index (χ0n) is 8.44. The van der Waals surface area contributed by atoms with Gasteiger partial charge in [-0.25, -0.2) is 4.98 Å². The Bertz CT molecular complexity index is 459. The third-order valence-corrected chi connectivity index (χ3v) is 2.38. The first-order chi connectivity index (χ1) is 7.22. The van der Waals surface area contributed by atoms with E-state index < -0.39 is 0 Å². The van der Waals surface area contributed by atoms with E-state index in [9.17, 15) is 4.39 Å². The molecule has 0 saturated heterocycles. The van der Waals surface area contributed by atoms with Gasteiger partial charge in [0.2, 0.25) is 5.95 Å². The number of rotatable bonds is 2. The highest BCUT2D eigenvalue weighted by molar-refractivity contribution is 5.55. The second kappa shape index (κ2) is 3.82. The SMILES string of the molecule is Cn1c(F)cnc1-c1ccc(CN)cc1. The van der Waals surface area contributed by atoms with Gasteiger partial charge in [0, 0.05) is 19.2 Å². The maximum atomic E-state index is 13.1. The smallest absolute Gasteiger partial charge is 0.213 e. The van der Waals surface area contributed by atoms with E-state index in [1.807, 2.05) is 24.3 Å². The topological polar surface area (TPSA) is 43.8 Å². The molecule has 0 fully saturated rings. The van der Waals surface area contributed by atoms with Crippen LogP contribution in [0.5, 0.6) is 0 Å². The number of nitrogens with two attached hydrogens (primary N) is 1. The zero-order chi connectivity index (χ0) is 10.8. The van der Waals surface area contributed by atoms with Crippen molar-refractivity contribution in [2.75, 3.05) is 0 Å². The van der Waals surface area contributed by atoms with Gasteiger partial charge in [0.15, 0.2) is 0 Å². The fourth-order valence-electron chi connectivity index (χ4n) is 1.45. The number of imidazole rings is 1. The molecule has 3 nitrogen and oxygen atoms in total. The number of aromatic nitrogens is 2. The van der Waals surface area contributed by atoms with Crippen molar-refractivity contribution in [3.8, 4) is 11.4 Å². The lowest BCUT2D eigenvalue weighted by Gasteiger charge is -2.03. The fraction of sp³-hybridized carbons (Fsp3) is 0.182. The predicted molar refractivity (Wildman–Crippen MR) is 56.5 cm³/mol. The molecule has 0 amide bonds. The molecule has 0 saturated carbocycles. The molecule has 0 aliphatic heterocycles. The van der Waals surface area contributed by atoms with Crippen LogP contribution < -0.4 is 5.73 Å². The Kier molecular flexibility index (Phi) is 2.51. The maximum absolute atomic E-state index is 13.1. The molecule has 0 aliphatic carbocycles. The van der Waals surface area contributed by atoms with E-state index in [1.54, 1.807) is 7.05 Å². The van der Waals surface area contributed by atoms with Crippen LogP contribution in [0.2, 0.25) is 0 Å². The second-order valence-electron chi connectivity index (χ2n) is 3.36. The molecule has 0 unspecified atom stereocenters. The molecule has 0 atom stereocenters. The summed E-state index contributed by atoms with van der Waals surface area (Å²) in [6.07, 6.45) is 1.21. The van der Waals surface area contributed by atoms with Crippen LogP contribution in [0.25, 0.3) is 11.4 Å². The van der Waals surface area contributed by atoms with Crippen LogP contribution >= 0.6 is 0 Å². The summed E-state index contributed by atoms with van der Waals surface area (Å²) in [6.45, 7) is 0.509. The van der Waals surface area contributed by atoms with E-state index in [0.29, 0.717) is 12.4 Å². The van der Waals surface area contributed by atoms with Crippen molar-refractivity contribution in [1.29, 1.82) is 0 Å². The van der Waals surface area contributed by atoms with Crippen LogP contribution in [-0.4, -0.2) is 9.55 Å². The molecular formula is C11H12FN3. The third kappa shape index (κ3) is 1.76. The van der Waals surface area contributed by atoms with Crippen molar-refractivity contribution in [3.63, 3.8) is 0 Å². The minimum atomic E-state index is -0.340. The normalized spacial score (nSPS) is 10.6. The fourth-order valence-corrected chi connectivity index (χ4v) is 1.45. The van der Waals surface area contributed by atoms with Crippen molar-refractivity contribution >= 4 is 0 Å². The lowest BCUT2D eigenvalue weighted by atomic mass is 10.1. The van der Waals surface area contributed by atoms with Gasteiger partial charge >= 0.3 is 0 Å². The van der Waals surface area contributed by atoms with Gasteiger partial charge in [0.1, 0.15) is 5.82 Å². The molecule has 2 rings (SSSR count). The highest BCUT2D eigenvalue weighted by atomic mass is 19.1. The molecular weight excluding hydrogens is 193 g/mol. The quantitative estimate of drug-likeness (QED) is 0.810. The van der Waals surface area contributed by atoms with Crippen LogP contribution in [0.3, 0.4) is 0 Å². The van der Waals surface area contributed by atoms with Gasteiger partial charge < -0.3 is 10.3 Å². The summed E-state index contributed by atoms with van der Waals surface area (Å²) in [5, 5.41) is 0. The second-order valence-corrected chi connectivity index (χ2v) is 3.36. The van der Waals surface area contributed by atoms with Crippen LogP contribution in [0.4, 0.5) is 4.39 Å². The molecule has 0 spiro atoms. The zero-order valence-corrected chi connectivity index (χ0v) is 8.44. The van der Waals surface area contributed by atoms with E-state index in [-0.39, 0.29) is 5.95 Å². The monoisotopic (exact) mass is 205 g/mol. The molecule has 0 bridgehead atoms. The Hall–Kier alpha value is -1.68. The van der Waals surface area contributed by atoms with Crippen molar-refractivity contribution < 1.29 is 4.39 Å². The maximum Gasteiger partial charge on any atom is 0.213 e. The first kappa shape index (κ1) is 9.86. The lowest BCUT2D eigenvalue weighted by molar-refractivity contribution is 0.537. The van der Waals surface area contributed by atoms with E-state index in [1.165, 1.54) is 10.8 Å². The van der Waals surface area contributed by atoms with Gasteiger partial charge in [-0.2, -0.15) is 4.39 Å². The van der Waals surface area contributed by atoms with Gasteiger partial charge in [-0.3, -0.25) is 0 Å². The van der Waals surface area contributed by atoms with Crippen molar-refractivity contribution in [3.05, 3.63) is 42.0 Å². The van der Waals surface area contributed by atoms with Gasteiger partial charge in [-0.05, 0) is 5.56 Å². The van der Waals surface area contributed by atoms with Crippen LogP contribution in [0, 0.1) is 5.95 Å². The molecule has 0 radical (unpaired) electrons. The largest absolute Gasteiger partial charge is 0.326 e. The summed E-state index contributed by atoms with van der Waals surface area (Å²) in [7, 11) is 1.65. The van der Waals surface area contributed by atoms with Crippen LogP contribution in [0.15, 0.2) is 30.5 Å².